The molecular formula is C13H11ClO3. The number of para-hydroxylation sites is 1. The first-order valence-corrected chi connectivity index (χ1v) is 5.36. The Kier molecular flexibility index (Phi) is 3.11. The van der Waals surface area contributed by atoms with Gasteiger partial charge < -0.3 is 14.9 Å². The van der Waals surface area contributed by atoms with Gasteiger partial charge in [0.05, 0.1) is 12.1 Å². The van der Waals surface area contributed by atoms with Gasteiger partial charge in [0, 0.05) is 17.2 Å². The molecule has 0 aliphatic carbocycles. The SMILES string of the molecule is COc1ccccc1-c1cc(Cl)c(O)cc1O. The molecule has 0 bridgehead atoms. The second-order valence-corrected chi connectivity index (χ2v) is 3.93. The molecule has 2 aromatic rings. The number of ether oxygens (including phenoxy) is 1. The maximum absolute atomic E-state index is 9.81. The summed E-state index contributed by atoms with van der Waals surface area (Å²) in [6.07, 6.45) is 0. The zero-order chi connectivity index (χ0) is 12.4. The normalized spacial score (nSPS) is 10.2. The number of phenols is 2. The molecule has 2 N–H and O–H groups in total. The Labute approximate surface area is 104 Å². The molecule has 3 nitrogen and oxygen atoms in total. The van der Waals surface area contributed by atoms with E-state index in [4.69, 9.17) is 16.3 Å². The van der Waals surface area contributed by atoms with E-state index >= 15 is 0 Å². The Morgan fingerprint density at radius 1 is 1.00 bits per heavy atom. The van der Waals surface area contributed by atoms with Gasteiger partial charge in [-0.15, -0.1) is 0 Å². The number of benzene rings is 2. The summed E-state index contributed by atoms with van der Waals surface area (Å²) < 4.78 is 5.21. The predicted molar refractivity (Wildman–Crippen MR) is 66.8 cm³/mol. The molecule has 0 aliphatic rings. The van der Waals surface area contributed by atoms with Crippen LogP contribution in [-0.2, 0) is 0 Å². The van der Waals surface area contributed by atoms with Crippen LogP contribution in [0.5, 0.6) is 17.2 Å². The highest BCUT2D eigenvalue weighted by molar-refractivity contribution is 6.32. The number of phenolic OH excluding ortho intramolecular Hbond substituents is 2. The fraction of sp³-hybridized carbons (Fsp3) is 0.0769. The monoisotopic (exact) mass is 250 g/mol. The Morgan fingerprint density at radius 3 is 2.41 bits per heavy atom. The van der Waals surface area contributed by atoms with Crippen molar-refractivity contribution in [3.05, 3.63) is 41.4 Å². The highest BCUT2D eigenvalue weighted by atomic mass is 35.5. The average Bonchev–Trinajstić information content (AvgIpc) is 2.34. The summed E-state index contributed by atoms with van der Waals surface area (Å²) in [5.74, 6) is 0.434. The molecule has 0 saturated heterocycles. The molecule has 0 aliphatic heterocycles. The van der Waals surface area contributed by atoms with Gasteiger partial charge in [0.15, 0.2) is 0 Å². The van der Waals surface area contributed by atoms with E-state index in [1.165, 1.54) is 12.1 Å². The Morgan fingerprint density at radius 2 is 1.71 bits per heavy atom. The zero-order valence-corrected chi connectivity index (χ0v) is 9.90. The lowest BCUT2D eigenvalue weighted by Crippen LogP contribution is -1.88. The molecule has 2 aromatic carbocycles. The predicted octanol–water partition coefficient (Wildman–Crippen LogP) is 3.43. The minimum absolute atomic E-state index is 0.0450. The van der Waals surface area contributed by atoms with Crippen molar-refractivity contribution in [2.75, 3.05) is 7.11 Å². The summed E-state index contributed by atoms with van der Waals surface area (Å²) in [5.41, 5.74) is 1.24. The van der Waals surface area contributed by atoms with Crippen molar-refractivity contribution in [1.29, 1.82) is 0 Å². The molecule has 0 amide bonds. The van der Waals surface area contributed by atoms with Crippen molar-refractivity contribution < 1.29 is 14.9 Å². The van der Waals surface area contributed by atoms with E-state index < -0.39 is 0 Å². The second kappa shape index (κ2) is 4.55. The molecule has 0 fully saturated rings. The molecule has 0 unspecified atom stereocenters. The van der Waals surface area contributed by atoms with Gasteiger partial charge in [-0.25, -0.2) is 0 Å². The van der Waals surface area contributed by atoms with Crippen molar-refractivity contribution in [1.82, 2.24) is 0 Å². The summed E-state index contributed by atoms with van der Waals surface area (Å²) in [5, 5.41) is 19.4. The fourth-order valence-electron chi connectivity index (χ4n) is 1.63. The summed E-state index contributed by atoms with van der Waals surface area (Å²) in [6, 6.07) is 9.98. The molecule has 0 saturated carbocycles. The minimum Gasteiger partial charge on any atom is -0.507 e. The number of rotatable bonds is 2. The third-order valence-electron chi connectivity index (χ3n) is 2.46. The highest BCUT2D eigenvalue weighted by Gasteiger charge is 2.12. The van der Waals surface area contributed by atoms with Crippen LogP contribution in [0.4, 0.5) is 0 Å². The maximum atomic E-state index is 9.81. The topological polar surface area (TPSA) is 49.7 Å². The van der Waals surface area contributed by atoms with E-state index in [0.717, 1.165) is 5.56 Å². The van der Waals surface area contributed by atoms with Crippen LogP contribution in [0.3, 0.4) is 0 Å². The Hall–Kier alpha value is -1.87. The van der Waals surface area contributed by atoms with Crippen molar-refractivity contribution in [3.8, 4) is 28.4 Å². The van der Waals surface area contributed by atoms with E-state index in [1.807, 2.05) is 12.1 Å². The summed E-state index contributed by atoms with van der Waals surface area (Å²) in [4.78, 5) is 0. The largest absolute Gasteiger partial charge is 0.507 e. The molecule has 88 valence electrons. The first kappa shape index (κ1) is 11.6. The first-order valence-electron chi connectivity index (χ1n) is 4.98. The van der Waals surface area contributed by atoms with E-state index in [1.54, 1.807) is 19.2 Å². The number of hydrogen-bond acceptors (Lipinski definition) is 3. The van der Waals surface area contributed by atoms with Crippen LogP contribution in [0.2, 0.25) is 5.02 Å². The van der Waals surface area contributed by atoms with Gasteiger partial charge in [0.2, 0.25) is 0 Å². The van der Waals surface area contributed by atoms with Gasteiger partial charge >= 0.3 is 0 Å². The van der Waals surface area contributed by atoms with Gasteiger partial charge in [-0.1, -0.05) is 29.8 Å². The summed E-state index contributed by atoms with van der Waals surface area (Å²) in [6.45, 7) is 0. The third kappa shape index (κ3) is 2.15. The minimum atomic E-state index is -0.150. The average molecular weight is 251 g/mol. The maximum Gasteiger partial charge on any atom is 0.137 e. The molecule has 0 heterocycles. The van der Waals surface area contributed by atoms with Crippen LogP contribution in [0, 0.1) is 0 Å². The van der Waals surface area contributed by atoms with Crippen molar-refractivity contribution in [3.63, 3.8) is 0 Å². The molecule has 2 rings (SSSR count). The molecule has 0 spiro atoms. The van der Waals surface area contributed by atoms with Crippen LogP contribution in [0.1, 0.15) is 0 Å². The van der Waals surface area contributed by atoms with Crippen LogP contribution in [-0.4, -0.2) is 17.3 Å². The molecule has 4 heteroatoms. The Balaban J connectivity index is 2.64. The van der Waals surface area contributed by atoms with Crippen LogP contribution in [0.15, 0.2) is 36.4 Å². The second-order valence-electron chi connectivity index (χ2n) is 3.52. The lowest BCUT2D eigenvalue weighted by molar-refractivity contribution is 0.415. The smallest absolute Gasteiger partial charge is 0.137 e. The molecule has 0 aromatic heterocycles. The number of methoxy groups -OCH3 is 1. The zero-order valence-electron chi connectivity index (χ0n) is 9.14. The van der Waals surface area contributed by atoms with E-state index in [9.17, 15) is 10.2 Å². The van der Waals surface area contributed by atoms with E-state index in [-0.39, 0.29) is 16.5 Å². The third-order valence-corrected chi connectivity index (χ3v) is 2.77. The fourth-order valence-corrected chi connectivity index (χ4v) is 1.80. The number of aromatic hydroxyl groups is 2. The van der Waals surface area contributed by atoms with Gasteiger partial charge in [-0.3, -0.25) is 0 Å². The molecule has 0 radical (unpaired) electrons. The highest BCUT2D eigenvalue weighted by Crippen LogP contribution is 2.40. The lowest BCUT2D eigenvalue weighted by atomic mass is 10.0. The molecular weight excluding hydrogens is 240 g/mol. The standard InChI is InChI=1S/C13H11ClO3/c1-17-13-5-3-2-4-8(13)9-6-10(14)12(16)7-11(9)15/h2-7,15-16H,1H3. The van der Waals surface area contributed by atoms with Crippen LogP contribution < -0.4 is 4.74 Å². The summed E-state index contributed by atoms with van der Waals surface area (Å²) in [7, 11) is 1.55. The van der Waals surface area contributed by atoms with Gasteiger partial charge in [-0.2, -0.15) is 0 Å². The van der Waals surface area contributed by atoms with Crippen molar-refractivity contribution >= 4 is 11.6 Å². The number of hydrogen-bond donors (Lipinski definition) is 2. The lowest BCUT2D eigenvalue weighted by Gasteiger charge is -2.10. The number of halogens is 1. The van der Waals surface area contributed by atoms with Crippen molar-refractivity contribution in [2.24, 2.45) is 0 Å². The molecule has 0 atom stereocenters. The van der Waals surface area contributed by atoms with Gasteiger partial charge in [0.1, 0.15) is 17.2 Å². The first-order chi connectivity index (χ1) is 8.13. The van der Waals surface area contributed by atoms with Crippen molar-refractivity contribution in [2.45, 2.75) is 0 Å². The van der Waals surface area contributed by atoms with Crippen LogP contribution >= 0.6 is 11.6 Å². The van der Waals surface area contributed by atoms with E-state index in [2.05, 4.69) is 0 Å². The van der Waals surface area contributed by atoms with Crippen LogP contribution in [0.25, 0.3) is 11.1 Å². The van der Waals surface area contributed by atoms with Gasteiger partial charge in [0.25, 0.3) is 0 Å². The molecule has 17 heavy (non-hydrogen) atoms. The Bertz CT molecular complexity index is 552. The van der Waals surface area contributed by atoms with Gasteiger partial charge in [-0.05, 0) is 12.1 Å². The quantitative estimate of drug-likeness (QED) is 0.859. The summed E-state index contributed by atoms with van der Waals surface area (Å²) >= 11 is 5.83. The van der Waals surface area contributed by atoms with E-state index in [0.29, 0.717) is 11.3 Å².